The molecule has 97 heavy (non-hydrogen) atoms. The van der Waals surface area contributed by atoms with Gasteiger partial charge in [-0.05, 0) is 105 Å². The Balaban J connectivity index is 0.000000224. The van der Waals surface area contributed by atoms with E-state index in [0.717, 1.165) is 43.4 Å². The van der Waals surface area contributed by atoms with Gasteiger partial charge in [-0.3, -0.25) is 24.0 Å². The number of ether oxygens (including phenoxy) is 8. The van der Waals surface area contributed by atoms with Crippen molar-refractivity contribution in [1.29, 1.82) is 0 Å². The first-order chi connectivity index (χ1) is 45.3. The van der Waals surface area contributed by atoms with Crippen LogP contribution in [-0.4, -0.2) is 175 Å². The molecule has 4 heterocycles. The lowest BCUT2D eigenvalue weighted by Gasteiger charge is -2.68. The highest BCUT2D eigenvalue weighted by molar-refractivity contribution is 9.09. The molecule has 8 fully saturated rings. The molecule has 2 spiro atoms. The summed E-state index contributed by atoms with van der Waals surface area (Å²) >= 11 is 3.50. The van der Waals surface area contributed by atoms with E-state index in [-0.39, 0.29) is 79.6 Å². The number of halogens is 1. The minimum atomic E-state index is -2.11. The summed E-state index contributed by atoms with van der Waals surface area (Å²) in [5.74, 6) is -14.5. The predicted octanol–water partition coefficient (Wildman–Crippen LogP) is 8.97. The molecular formula is C75H117BrO21. The van der Waals surface area contributed by atoms with E-state index in [1.165, 1.54) is 38.0 Å². The zero-order chi connectivity index (χ0) is 72.2. The Morgan fingerprint density at radius 2 is 1.14 bits per heavy atom. The topological polar surface area (TPSA) is 318 Å². The van der Waals surface area contributed by atoms with Crippen molar-refractivity contribution in [3.63, 3.8) is 0 Å². The van der Waals surface area contributed by atoms with Gasteiger partial charge in [0.25, 0.3) is 0 Å². The number of carbonyl (C=O) groups excluding carboxylic acids is 6. The molecule has 4 saturated heterocycles. The number of allylic oxidation sites excluding steroid dienone is 2. The number of hydrogen-bond donors (Lipinski definition) is 7. The van der Waals surface area contributed by atoms with Crippen molar-refractivity contribution in [2.45, 2.75) is 266 Å². The summed E-state index contributed by atoms with van der Waals surface area (Å²) in [6, 6.07) is 0. The SMILES string of the molecule is C=COCCCCCC.CC1=CC(=O)[C@@H](O)[C@]2(C)C3[C@]45CO[C@]3(O)[C@H](O)[C@H](C)C4C(CC(=O)CC(O)(C(C)C)C(C)C)C(=O)O[C@@H]5C[C@@H]12.CCCCCCOC(CBr)O[C@@H]1C(=O)C=C(C)[C@@H]2C[C@H]3OC(=O)C(OC(=O)CC(O)(C(C)C)C(C)C)C4[C@@H](C)[C@@H](O)[C@@]5(O)OC[C@@]43C5[C@@]12C. The van der Waals surface area contributed by atoms with Crippen molar-refractivity contribution in [2.75, 3.05) is 31.8 Å². The summed E-state index contributed by atoms with van der Waals surface area (Å²) < 4.78 is 48.1. The molecule has 23 atom stereocenters. The van der Waals surface area contributed by atoms with Crippen molar-refractivity contribution in [1.82, 2.24) is 0 Å². The van der Waals surface area contributed by atoms with Gasteiger partial charge in [0, 0.05) is 58.9 Å². The lowest BCUT2D eigenvalue weighted by Crippen LogP contribution is -2.78. The van der Waals surface area contributed by atoms with Gasteiger partial charge in [0.2, 0.25) is 6.10 Å². The Kier molecular flexibility index (Phi) is 24.5. The van der Waals surface area contributed by atoms with E-state index in [1.807, 2.05) is 69.2 Å². The van der Waals surface area contributed by atoms with Crippen LogP contribution in [0.2, 0.25) is 0 Å². The Hall–Kier alpha value is -3.52. The minimum absolute atomic E-state index is 0.0310. The molecule has 4 aliphatic heterocycles. The third kappa shape index (κ3) is 13.2. The van der Waals surface area contributed by atoms with Crippen molar-refractivity contribution in [3.05, 3.63) is 36.1 Å². The fourth-order valence-electron chi connectivity index (χ4n) is 20.9. The summed E-state index contributed by atoms with van der Waals surface area (Å²) in [6.07, 6.45) is 4.57. The Labute approximate surface area is 583 Å². The van der Waals surface area contributed by atoms with E-state index < -0.39 is 159 Å². The van der Waals surface area contributed by atoms with Crippen LogP contribution in [0, 0.1) is 98.6 Å². The smallest absolute Gasteiger partial charge is 0.348 e. The molecule has 0 radical (unpaired) electrons. The molecule has 550 valence electrons. The minimum Gasteiger partial charge on any atom is -0.502 e. The number of aliphatic hydroxyl groups is 7. The van der Waals surface area contributed by atoms with Crippen LogP contribution in [0.15, 0.2) is 36.1 Å². The average molecular weight is 1430 g/mol. The summed E-state index contributed by atoms with van der Waals surface area (Å²) in [5.41, 5.74) is -5.60. The fraction of sp³-hybridized carbons (Fsp3) is 0.840. The molecular weight excluding hydrogens is 1320 g/mol. The van der Waals surface area contributed by atoms with Gasteiger partial charge in [0.1, 0.15) is 42.4 Å². The molecule has 0 aromatic heterocycles. The highest BCUT2D eigenvalue weighted by Crippen LogP contribution is 2.76. The van der Waals surface area contributed by atoms with Crippen LogP contribution < -0.4 is 0 Å². The maximum Gasteiger partial charge on any atom is 0.348 e. The number of alkyl halides is 1. The second-order valence-corrected chi connectivity index (χ2v) is 33.0. The molecule has 10 rings (SSSR count). The number of Topliss-reactive ketones (excluding diaryl/α,β-unsaturated/α-hetero) is 1. The Morgan fingerprint density at radius 3 is 1.65 bits per heavy atom. The maximum atomic E-state index is 14.0. The lowest BCUT2D eigenvalue weighted by atomic mass is 9.37. The Bertz CT molecular complexity index is 2930. The lowest BCUT2D eigenvalue weighted by molar-refractivity contribution is -0.345. The van der Waals surface area contributed by atoms with E-state index in [4.69, 9.17) is 37.9 Å². The molecule has 6 aliphatic carbocycles. The van der Waals surface area contributed by atoms with E-state index in [1.54, 1.807) is 33.8 Å². The van der Waals surface area contributed by atoms with E-state index in [9.17, 15) is 64.5 Å². The fourth-order valence-corrected chi connectivity index (χ4v) is 21.2. The van der Waals surface area contributed by atoms with Gasteiger partial charge in [-0.15, -0.1) is 0 Å². The van der Waals surface area contributed by atoms with Crippen molar-refractivity contribution >= 4 is 51.2 Å². The van der Waals surface area contributed by atoms with Gasteiger partial charge in [-0.2, -0.15) is 0 Å². The maximum absolute atomic E-state index is 14.0. The van der Waals surface area contributed by atoms with Gasteiger partial charge in [0.15, 0.2) is 29.4 Å². The van der Waals surface area contributed by atoms with Gasteiger partial charge < -0.3 is 73.6 Å². The first-order valence-electron chi connectivity index (χ1n) is 36.2. The van der Waals surface area contributed by atoms with Gasteiger partial charge in [-0.1, -0.05) is 169 Å². The van der Waals surface area contributed by atoms with Gasteiger partial charge in [-0.25, -0.2) is 4.79 Å². The van der Waals surface area contributed by atoms with Crippen molar-refractivity contribution in [2.24, 2.45) is 98.6 Å². The Morgan fingerprint density at radius 1 is 0.680 bits per heavy atom. The second kappa shape index (κ2) is 30.1. The van der Waals surface area contributed by atoms with E-state index >= 15 is 0 Å². The molecule has 22 heteroatoms. The van der Waals surface area contributed by atoms with Gasteiger partial charge >= 0.3 is 17.9 Å². The van der Waals surface area contributed by atoms with Crippen LogP contribution in [-0.2, 0) is 66.7 Å². The summed E-state index contributed by atoms with van der Waals surface area (Å²) in [5, 5.41) is 82.1. The largest absolute Gasteiger partial charge is 0.502 e. The van der Waals surface area contributed by atoms with Crippen LogP contribution in [0.25, 0.3) is 0 Å². The number of fused-ring (bicyclic) bond motifs is 2. The third-order valence-corrected chi connectivity index (χ3v) is 26.5. The first kappa shape index (κ1) is 79.2. The monoisotopic (exact) mass is 1430 g/mol. The molecule has 7 unspecified atom stereocenters. The summed E-state index contributed by atoms with van der Waals surface area (Å²) in [4.78, 5) is 81.4. The molecule has 21 nitrogen and oxygen atoms in total. The number of unbranched alkanes of at least 4 members (excludes halogenated alkanes) is 6. The zero-order valence-electron chi connectivity index (χ0n) is 60.5. The first-order valence-corrected chi connectivity index (χ1v) is 37.3. The molecule has 10 aliphatic rings. The average Bonchev–Trinajstić information content (AvgIpc) is 1.59. The number of esters is 3. The predicted molar refractivity (Wildman–Crippen MR) is 361 cm³/mol. The van der Waals surface area contributed by atoms with E-state index in [2.05, 4.69) is 36.4 Å². The number of ketones is 3. The molecule has 7 N–H and O–H groups in total. The van der Waals surface area contributed by atoms with Crippen LogP contribution in [0.5, 0.6) is 0 Å². The van der Waals surface area contributed by atoms with Crippen LogP contribution >= 0.6 is 15.9 Å². The molecule has 0 aromatic carbocycles. The number of hydrogen-bond acceptors (Lipinski definition) is 21. The van der Waals surface area contributed by atoms with Crippen LogP contribution in [0.4, 0.5) is 0 Å². The quantitative estimate of drug-likeness (QED) is 0.0106. The normalized spacial score (nSPS) is 40.2. The standard InChI is InChI=1S/C37H57BrO11.C30H44O9.C8H16O/c1-9-10-11-12-13-45-27(17-38)49-31-24(39)14-21(6)23-15-25-35-18-46-37(44,33(35)34(23,31)8)30(41)22(7)28(35)29(32(42)47-25)48-26(40)16-36(43,19(2)3)20(4)5;1-13(2)29(36,14(3)4)11-17(31)9-18-22-16(6)23(33)30(37)26-27(7)19(15(5)8-20(32)24(27)34)10-21(39-25(18)35)28(22,26)12-38-30;1-3-5-6-7-8-9-4-2/h14,19-20,22-23,25,27-31,33,41,43-44H,9-13,15-18H2,1-8H3;8,13-14,16,18-19,21-24,26,33-34,36-37H,9-12H2,1-7H3;4H,2-3,5-8H2,1H3/t22-,23+,25-,27?,28?,29?,30-,31-,33?,34-,35+,37-;16-,18?,19+,21-,22?,23-,24-,26?,27-,28+,30-;/m11./s1. The highest BCUT2D eigenvalue weighted by Gasteiger charge is 2.85. The third-order valence-electron chi connectivity index (χ3n) is 26.0. The molecule has 0 aromatic rings. The summed E-state index contributed by atoms with van der Waals surface area (Å²) in [7, 11) is 0. The number of rotatable bonds is 26. The highest BCUT2D eigenvalue weighted by atomic mass is 79.9. The molecule has 4 saturated carbocycles. The molecule has 0 amide bonds. The number of carbonyl (C=O) groups is 6. The van der Waals surface area contributed by atoms with Gasteiger partial charge in [0.05, 0.1) is 55.0 Å². The summed E-state index contributed by atoms with van der Waals surface area (Å²) in [6.45, 7) is 34.5. The van der Waals surface area contributed by atoms with Crippen LogP contribution in [0.1, 0.15) is 194 Å². The van der Waals surface area contributed by atoms with E-state index in [0.29, 0.717) is 24.8 Å². The molecule has 4 bridgehead atoms. The zero-order valence-corrected chi connectivity index (χ0v) is 62.1. The van der Waals surface area contributed by atoms with Crippen molar-refractivity contribution in [3.8, 4) is 0 Å². The van der Waals surface area contributed by atoms with Crippen molar-refractivity contribution < 1.29 is 102 Å². The number of aliphatic hydroxyl groups excluding tert-OH is 3. The second-order valence-electron chi connectivity index (χ2n) is 32.3. The van der Waals surface area contributed by atoms with Crippen LogP contribution in [0.3, 0.4) is 0 Å².